The Hall–Kier alpha value is -0.650. The predicted molar refractivity (Wildman–Crippen MR) is 36.1 cm³/mol. The van der Waals surface area contributed by atoms with Crippen LogP contribution in [0.3, 0.4) is 0 Å². The van der Waals surface area contributed by atoms with Gasteiger partial charge in [-0.2, -0.15) is 0 Å². The third kappa shape index (κ3) is 3.92. The summed E-state index contributed by atoms with van der Waals surface area (Å²) in [6.45, 7) is 1.23. The molecule has 0 fully saturated rings. The van der Waals surface area contributed by atoms with Gasteiger partial charge in [0.1, 0.15) is 12.2 Å². The summed E-state index contributed by atoms with van der Waals surface area (Å²) in [6.07, 6.45) is -0.204. The lowest BCUT2D eigenvalue weighted by molar-refractivity contribution is -0.273. The maximum atomic E-state index is 10.2. The third-order valence-electron chi connectivity index (χ3n) is 1.47. The van der Waals surface area contributed by atoms with Crippen LogP contribution in [0.15, 0.2) is 0 Å². The fourth-order valence-electron chi connectivity index (χ4n) is 0.680. The lowest BCUT2D eigenvalue weighted by atomic mass is 9.98. The molecule has 0 aliphatic rings. The molecular formula is C6H12O5. The largest absolute Gasteiger partial charge is 0.481 e. The molecule has 11 heavy (non-hydrogen) atoms. The number of hydrogen-bond donors (Lipinski definition) is 3. The van der Waals surface area contributed by atoms with Crippen LogP contribution in [-0.2, 0) is 9.68 Å². The monoisotopic (exact) mass is 164 g/mol. The number of carboxylic acid groups (broad SMARTS) is 1. The van der Waals surface area contributed by atoms with Crippen molar-refractivity contribution in [2.45, 2.75) is 25.4 Å². The summed E-state index contributed by atoms with van der Waals surface area (Å²) in [5.41, 5.74) is -1.46. The summed E-state index contributed by atoms with van der Waals surface area (Å²) in [5, 5.41) is 25.6. The Morgan fingerprint density at radius 2 is 2.18 bits per heavy atom. The van der Waals surface area contributed by atoms with E-state index in [1.165, 1.54) is 0 Å². The molecule has 0 saturated heterocycles. The normalized spacial score (nSPS) is 15.9. The quantitative estimate of drug-likeness (QED) is 0.396. The van der Waals surface area contributed by atoms with E-state index in [2.05, 4.69) is 4.89 Å². The Morgan fingerprint density at radius 1 is 1.64 bits per heavy atom. The van der Waals surface area contributed by atoms with Gasteiger partial charge in [-0.1, -0.05) is 6.92 Å². The van der Waals surface area contributed by atoms with Crippen molar-refractivity contribution >= 4 is 5.97 Å². The van der Waals surface area contributed by atoms with E-state index in [4.69, 9.17) is 10.4 Å². The second kappa shape index (κ2) is 4.27. The molecule has 0 bridgehead atoms. The summed E-state index contributed by atoms with van der Waals surface area (Å²) < 4.78 is 0. The minimum Gasteiger partial charge on any atom is -0.481 e. The Balaban J connectivity index is 3.98. The highest BCUT2D eigenvalue weighted by Crippen LogP contribution is 2.14. The van der Waals surface area contributed by atoms with Gasteiger partial charge in [0.2, 0.25) is 0 Å². The first-order chi connectivity index (χ1) is 5.04. The van der Waals surface area contributed by atoms with Crippen LogP contribution in [0.1, 0.15) is 19.8 Å². The maximum Gasteiger partial charge on any atom is 0.306 e. The molecule has 66 valence electrons. The Kier molecular flexibility index (Phi) is 4.02. The van der Waals surface area contributed by atoms with E-state index in [9.17, 15) is 9.90 Å². The van der Waals surface area contributed by atoms with Gasteiger partial charge in [0, 0.05) is 0 Å². The summed E-state index contributed by atoms with van der Waals surface area (Å²) in [4.78, 5) is 13.8. The van der Waals surface area contributed by atoms with Crippen LogP contribution >= 0.6 is 0 Å². The SMILES string of the molecule is CCC(O)(COO)CC(=O)O. The smallest absolute Gasteiger partial charge is 0.306 e. The molecule has 5 nitrogen and oxygen atoms in total. The second-order valence-corrected chi connectivity index (χ2v) is 2.42. The Labute approximate surface area is 64.2 Å². The zero-order valence-corrected chi connectivity index (χ0v) is 6.28. The number of rotatable bonds is 5. The van der Waals surface area contributed by atoms with Crippen molar-refractivity contribution in [3.8, 4) is 0 Å². The van der Waals surface area contributed by atoms with Crippen LogP contribution in [-0.4, -0.2) is 33.6 Å². The van der Waals surface area contributed by atoms with E-state index in [1.807, 2.05) is 0 Å². The molecule has 5 heteroatoms. The lowest BCUT2D eigenvalue weighted by Gasteiger charge is -2.22. The van der Waals surface area contributed by atoms with E-state index in [-0.39, 0.29) is 13.0 Å². The summed E-state index contributed by atoms with van der Waals surface area (Å²) >= 11 is 0. The van der Waals surface area contributed by atoms with E-state index in [0.717, 1.165) is 0 Å². The van der Waals surface area contributed by atoms with Gasteiger partial charge in [0.15, 0.2) is 0 Å². The lowest BCUT2D eigenvalue weighted by Crippen LogP contribution is -2.35. The van der Waals surface area contributed by atoms with Crippen LogP contribution < -0.4 is 0 Å². The topological polar surface area (TPSA) is 87.0 Å². The van der Waals surface area contributed by atoms with Gasteiger partial charge in [0.25, 0.3) is 0 Å². The van der Waals surface area contributed by atoms with Crippen molar-refractivity contribution in [3.63, 3.8) is 0 Å². The third-order valence-corrected chi connectivity index (χ3v) is 1.47. The second-order valence-electron chi connectivity index (χ2n) is 2.42. The van der Waals surface area contributed by atoms with E-state index in [1.54, 1.807) is 6.92 Å². The van der Waals surface area contributed by atoms with Crippen molar-refractivity contribution in [2.75, 3.05) is 6.61 Å². The van der Waals surface area contributed by atoms with Gasteiger partial charge >= 0.3 is 5.97 Å². The molecule has 1 unspecified atom stereocenters. The van der Waals surface area contributed by atoms with Gasteiger partial charge in [0.05, 0.1) is 6.42 Å². The van der Waals surface area contributed by atoms with Crippen molar-refractivity contribution in [3.05, 3.63) is 0 Å². The first-order valence-electron chi connectivity index (χ1n) is 3.24. The predicted octanol–water partition coefficient (Wildman–Crippen LogP) is 0.0918. The molecule has 0 aromatic carbocycles. The summed E-state index contributed by atoms with van der Waals surface area (Å²) in [6, 6.07) is 0. The highest BCUT2D eigenvalue weighted by Gasteiger charge is 2.28. The van der Waals surface area contributed by atoms with Crippen LogP contribution in [0.25, 0.3) is 0 Å². The van der Waals surface area contributed by atoms with Crippen LogP contribution in [0.2, 0.25) is 0 Å². The first-order valence-corrected chi connectivity index (χ1v) is 3.24. The fourth-order valence-corrected chi connectivity index (χ4v) is 0.680. The maximum absolute atomic E-state index is 10.2. The average Bonchev–Trinajstić information content (AvgIpc) is 1.87. The highest BCUT2D eigenvalue weighted by atomic mass is 17.1. The average molecular weight is 164 g/mol. The number of carboxylic acids is 1. The summed E-state index contributed by atoms with van der Waals surface area (Å²) in [7, 11) is 0. The van der Waals surface area contributed by atoms with E-state index in [0.29, 0.717) is 0 Å². The van der Waals surface area contributed by atoms with Gasteiger partial charge in [-0.25, -0.2) is 4.89 Å². The minimum atomic E-state index is -1.46. The highest BCUT2D eigenvalue weighted by molar-refractivity contribution is 5.68. The molecular weight excluding hydrogens is 152 g/mol. The molecule has 0 radical (unpaired) electrons. The molecule has 0 aromatic rings. The summed E-state index contributed by atoms with van der Waals surface area (Å²) in [5.74, 6) is -1.12. The van der Waals surface area contributed by atoms with Crippen molar-refractivity contribution < 1.29 is 25.2 Å². The van der Waals surface area contributed by atoms with Crippen molar-refractivity contribution in [1.29, 1.82) is 0 Å². The zero-order chi connectivity index (χ0) is 8.91. The number of aliphatic hydroxyl groups is 1. The number of carbonyl (C=O) groups is 1. The molecule has 0 saturated carbocycles. The number of hydrogen-bond acceptors (Lipinski definition) is 4. The number of aliphatic carboxylic acids is 1. The molecule has 0 aliphatic heterocycles. The van der Waals surface area contributed by atoms with Gasteiger partial charge in [-0.05, 0) is 6.42 Å². The van der Waals surface area contributed by atoms with Crippen molar-refractivity contribution in [1.82, 2.24) is 0 Å². The van der Waals surface area contributed by atoms with Gasteiger partial charge < -0.3 is 10.2 Å². The molecule has 0 spiro atoms. The van der Waals surface area contributed by atoms with Crippen LogP contribution in [0.5, 0.6) is 0 Å². The van der Waals surface area contributed by atoms with Gasteiger partial charge in [-0.3, -0.25) is 10.1 Å². The first kappa shape index (κ1) is 10.3. The standard InChI is InChI=1S/C6H12O5/c1-2-6(9,4-11-10)3-5(7)8/h9-10H,2-4H2,1H3,(H,7,8). The molecule has 0 aliphatic carbocycles. The van der Waals surface area contributed by atoms with Crippen LogP contribution in [0.4, 0.5) is 0 Å². The molecule has 1 atom stereocenters. The molecule has 0 rings (SSSR count). The van der Waals surface area contributed by atoms with E-state index < -0.39 is 18.0 Å². The molecule has 0 amide bonds. The van der Waals surface area contributed by atoms with Crippen molar-refractivity contribution in [2.24, 2.45) is 0 Å². The van der Waals surface area contributed by atoms with E-state index >= 15 is 0 Å². The van der Waals surface area contributed by atoms with Crippen LogP contribution in [0, 0.1) is 0 Å². The molecule has 0 aromatic heterocycles. The minimum absolute atomic E-state index is 0.222. The Morgan fingerprint density at radius 3 is 2.45 bits per heavy atom. The molecule has 3 N–H and O–H groups in total. The van der Waals surface area contributed by atoms with Gasteiger partial charge in [-0.15, -0.1) is 0 Å². The molecule has 0 heterocycles. The zero-order valence-electron chi connectivity index (χ0n) is 6.28. The Bertz CT molecular complexity index is 135. The fraction of sp³-hybridized carbons (Fsp3) is 0.833.